The SMILES string of the molecule is CNC1CCN(C(=O)c2coc(Nc3ncc4c(n3)-c3ccc(CI)cc3C(c3c(F)cccc3F)=NC4)n2)C1. The van der Waals surface area contributed by atoms with Gasteiger partial charge in [0, 0.05) is 46.4 Å². The number of likely N-dealkylation sites (tertiary alicyclic amines) is 1. The van der Waals surface area contributed by atoms with E-state index in [2.05, 4.69) is 48.2 Å². The topological polar surface area (TPSA) is 109 Å². The molecule has 9 nitrogen and oxygen atoms in total. The molecule has 0 spiro atoms. The molecule has 1 amide bonds. The van der Waals surface area contributed by atoms with E-state index in [4.69, 9.17) is 9.40 Å². The fourth-order valence-corrected chi connectivity index (χ4v) is 5.42. The Labute approximate surface area is 242 Å². The van der Waals surface area contributed by atoms with Crippen LogP contribution in [0.4, 0.5) is 20.7 Å². The number of aliphatic imine (C=N–C) groups is 1. The van der Waals surface area contributed by atoms with Crippen molar-refractivity contribution in [3.8, 4) is 11.3 Å². The fraction of sp³-hybridized carbons (Fsp3) is 0.250. The Morgan fingerprint density at radius 2 is 2.00 bits per heavy atom. The van der Waals surface area contributed by atoms with Crippen LogP contribution in [0.2, 0.25) is 0 Å². The van der Waals surface area contributed by atoms with Gasteiger partial charge in [0.15, 0.2) is 5.69 Å². The maximum Gasteiger partial charge on any atom is 0.302 e. The maximum atomic E-state index is 14.9. The van der Waals surface area contributed by atoms with Crippen LogP contribution in [0.1, 0.15) is 39.2 Å². The van der Waals surface area contributed by atoms with E-state index < -0.39 is 11.6 Å². The second-order valence-corrected chi connectivity index (χ2v) is 10.3. The molecule has 1 unspecified atom stereocenters. The van der Waals surface area contributed by atoms with E-state index in [0.717, 1.165) is 12.0 Å². The molecule has 2 aliphatic rings. The quantitative estimate of drug-likeness (QED) is 0.226. The van der Waals surface area contributed by atoms with Crippen molar-refractivity contribution in [2.24, 2.45) is 4.99 Å². The number of anilines is 2. The predicted octanol–water partition coefficient (Wildman–Crippen LogP) is 4.87. The second-order valence-electron chi connectivity index (χ2n) is 9.53. The van der Waals surface area contributed by atoms with Crippen molar-refractivity contribution in [1.82, 2.24) is 25.2 Å². The number of halogens is 3. The lowest BCUT2D eigenvalue weighted by atomic mass is 9.93. The first-order valence-electron chi connectivity index (χ1n) is 12.7. The number of amides is 1. The van der Waals surface area contributed by atoms with Gasteiger partial charge in [-0.25, -0.2) is 18.7 Å². The first-order chi connectivity index (χ1) is 19.4. The minimum absolute atomic E-state index is 0.0761. The van der Waals surface area contributed by atoms with Crippen LogP contribution in [0.3, 0.4) is 0 Å². The maximum absolute atomic E-state index is 14.9. The lowest BCUT2D eigenvalue weighted by Crippen LogP contribution is -2.33. The van der Waals surface area contributed by atoms with Crippen LogP contribution in [0.15, 0.2) is 58.3 Å². The number of carbonyl (C=O) groups excluding carboxylic acids is 1. The number of oxazole rings is 1. The zero-order valence-corrected chi connectivity index (χ0v) is 23.6. The van der Waals surface area contributed by atoms with Gasteiger partial charge in [-0.1, -0.05) is 40.8 Å². The van der Waals surface area contributed by atoms with Crippen molar-refractivity contribution in [1.29, 1.82) is 0 Å². The highest BCUT2D eigenvalue weighted by molar-refractivity contribution is 14.1. The van der Waals surface area contributed by atoms with E-state index in [1.54, 1.807) is 11.1 Å². The third-order valence-electron chi connectivity index (χ3n) is 7.05. The van der Waals surface area contributed by atoms with Crippen LogP contribution in [0, 0.1) is 11.6 Å². The normalized spacial score (nSPS) is 16.2. The number of hydrogen-bond donors (Lipinski definition) is 2. The predicted molar refractivity (Wildman–Crippen MR) is 154 cm³/mol. The van der Waals surface area contributed by atoms with Gasteiger partial charge in [-0.15, -0.1) is 0 Å². The summed E-state index contributed by atoms with van der Waals surface area (Å²) in [5, 5.41) is 6.12. The molecule has 4 heterocycles. The van der Waals surface area contributed by atoms with Gasteiger partial charge < -0.3 is 14.6 Å². The zero-order chi connectivity index (χ0) is 27.8. The molecule has 6 rings (SSSR count). The number of benzene rings is 2. The van der Waals surface area contributed by atoms with Crippen LogP contribution in [0.5, 0.6) is 0 Å². The number of nitrogens with one attached hydrogen (secondary N) is 2. The molecule has 0 aliphatic carbocycles. The van der Waals surface area contributed by atoms with E-state index >= 15 is 0 Å². The van der Waals surface area contributed by atoms with Crippen LogP contribution >= 0.6 is 22.6 Å². The largest absolute Gasteiger partial charge is 0.431 e. The molecule has 0 bridgehead atoms. The summed E-state index contributed by atoms with van der Waals surface area (Å²) in [6.07, 6.45) is 3.80. The van der Waals surface area contributed by atoms with E-state index in [-0.39, 0.29) is 47.4 Å². The van der Waals surface area contributed by atoms with Gasteiger partial charge in [-0.3, -0.25) is 15.1 Å². The van der Waals surface area contributed by atoms with Crippen LogP contribution in [-0.4, -0.2) is 57.6 Å². The number of fused-ring (bicyclic) bond motifs is 3. The molecule has 2 aromatic carbocycles. The molecule has 204 valence electrons. The zero-order valence-electron chi connectivity index (χ0n) is 21.4. The van der Waals surface area contributed by atoms with Crippen LogP contribution in [0.25, 0.3) is 11.3 Å². The monoisotopic (exact) mass is 655 g/mol. The number of alkyl halides is 1. The van der Waals surface area contributed by atoms with Gasteiger partial charge >= 0.3 is 6.01 Å². The van der Waals surface area contributed by atoms with Crippen molar-refractivity contribution < 1.29 is 18.0 Å². The standard InChI is InChI=1S/C28H24F2IN7O2/c1-32-17-7-8-38(13-17)26(39)22-14-40-28(35-22)37-27-34-12-16-11-33-25(23-20(29)3-2-4-21(23)30)19-9-15(10-31)5-6-18(19)24(16)36-27/h2-6,9,12,14,17,32H,7-8,10-11,13H2,1H3,(H,34,35,36,37). The summed E-state index contributed by atoms with van der Waals surface area (Å²) in [6.45, 7) is 1.39. The van der Waals surface area contributed by atoms with Crippen LogP contribution in [-0.2, 0) is 11.0 Å². The van der Waals surface area contributed by atoms with Gasteiger partial charge in [0.1, 0.15) is 17.9 Å². The van der Waals surface area contributed by atoms with Crippen molar-refractivity contribution >= 4 is 46.2 Å². The summed E-state index contributed by atoms with van der Waals surface area (Å²) >= 11 is 2.24. The number of likely N-dealkylation sites (N-methyl/N-ethyl adjacent to an activating group) is 1. The highest BCUT2D eigenvalue weighted by atomic mass is 127. The van der Waals surface area contributed by atoms with E-state index in [1.165, 1.54) is 24.5 Å². The molecule has 0 saturated carbocycles. The average molecular weight is 655 g/mol. The minimum Gasteiger partial charge on any atom is -0.431 e. The molecule has 0 radical (unpaired) electrons. The Kier molecular flexibility index (Phi) is 7.27. The Bertz CT molecular complexity index is 1620. The Morgan fingerprint density at radius 3 is 2.75 bits per heavy atom. The summed E-state index contributed by atoms with van der Waals surface area (Å²) in [6, 6.07) is 9.84. The highest BCUT2D eigenvalue weighted by Gasteiger charge is 2.28. The molecule has 12 heteroatoms. The molecule has 2 aromatic heterocycles. The summed E-state index contributed by atoms with van der Waals surface area (Å²) in [5.41, 5.74) is 3.73. The number of rotatable bonds is 6. The number of hydrogen-bond acceptors (Lipinski definition) is 8. The second kappa shape index (κ2) is 11.0. The number of carbonyl (C=O) groups is 1. The van der Waals surface area contributed by atoms with Crippen molar-refractivity contribution in [3.63, 3.8) is 0 Å². The molecule has 40 heavy (non-hydrogen) atoms. The molecule has 1 fully saturated rings. The summed E-state index contributed by atoms with van der Waals surface area (Å²) in [7, 11) is 1.88. The number of aromatic nitrogens is 3. The molecular formula is C28H24F2IN7O2. The molecule has 2 N–H and O–H groups in total. The van der Waals surface area contributed by atoms with Crippen molar-refractivity contribution in [3.05, 3.63) is 88.4 Å². The Hall–Kier alpha value is -3.78. The minimum atomic E-state index is -0.686. The van der Waals surface area contributed by atoms with Gasteiger partial charge in [-0.05, 0) is 37.2 Å². The van der Waals surface area contributed by atoms with Crippen molar-refractivity contribution in [2.45, 2.75) is 23.4 Å². The Morgan fingerprint density at radius 1 is 1.18 bits per heavy atom. The smallest absolute Gasteiger partial charge is 0.302 e. The average Bonchev–Trinajstić information content (AvgIpc) is 3.61. The van der Waals surface area contributed by atoms with E-state index in [0.29, 0.717) is 39.9 Å². The van der Waals surface area contributed by atoms with E-state index in [9.17, 15) is 13.6 Å². The van der Waals surface area contributed by atoms with Gasteiger partial charge in [0.2, 0.25) is 5.95 Å². The summed E-state index contributed by atoms with van der Waals surface area (Å²) in [4.78, 5) is 32.6. The summed E-state index contributed by atoms with van der Waals surface area (Å²) in [5.74, 6) is -1.38. The molecule has 2 aliphatic heterocycles. The van der Waals surface area contributed by atoms with Gasteiger partial charge in [0.05, 0.1) is 23.5 Å². The number of nitrogens with zero attached hydrogens (tertiary/aromatic N) is 5. The molecular weight excluding hydrogens is 631 g/mol. The third-order valence-corrected chi connectivity index (χ3v) is 7.93. The first kappa shape index (κ1) is 26.4. The molecule has 4 aromatic rings. The van der Waals surface area contributed by atoms with E-state index in [1.807, 2.05) is 25.2 Å². The summed E-state index contributed by atoms with van der Waals surface area (Å²) < 4.78 is 35.9. The Balaban J connectivity index is 1.32. The third kappa shape index (κ3) is 4.96. The highest BCUT2D eigenvalue weighted by Crippen LogP contribution is 2.34. The van der Waals surface area contributed by atoms with Crippen molar-refractivity contribution in [2.75, 3.05) is 25.5 Å². The van der Waals surface area contributed by atoms with Crippen LogP contribution < -0.4 is 10.6 Å². The fourth-order valence-electron chi connectivity index (χ4n) is 4.95. The molecule has 1 saturated heterocycles. The molecule has 1 atom stereocenters. The first-order valence-corrected chi connectivity index (χ1v) is 14.2. The lowest BCUT2D eigenvalue weighted by Gasteiger charge is -2.14. The lowest BCUT2D eigenvalue weighted by molar-refractivity contribution is 0.0784. The van der Waals surface area contributed by atoms with Gasteiger partial charge in [0.25, 0.3) is 5.91 Å². The van der Waals surface area contributed by atoms with Gasteiger partial charge in [-0.2, -0.15) is 4.98 Å².